The fraction of sp³-hybridized carbons (Fsp3) is 0.368. The van der Waals surface area contributed by atoms with Crippen molar-refractivity contribution in [2.24, 2.45) is 0 Å². The predicted molar refractivity (Wildman–Crippen MR) is 107 cm³/mol. The summed E-state index contributed by atoms with van der Waals surface area (Å²) in [5.41, 5.74) is 1.53. The number of aryl methyl sites for hydroxylation is 3. The number of para-hydroxylation sites is 1. The van der Waals surface area contributed by atoms with E-state index in [0.717, 1.165) is 10.9 Å². The van der Waals surface area contributed by atoms with Crippen LogP contribution in [0.3, 0.4) is 0 Å². The third-order valence-electron chi connectivity index (χ3n) is 5.20. The minimum Gasteiger partial charge on any atom is -0.449 e. The Bertz CT molecular complexity index is 1190. The number of sulfonamides is 1. The normalized spacial score (nSPS) is 15.9. The summed E-state index contributed by atoms with van der Waals surface area (Å²) < 4.78 is 38.0. The van der Waals surface area contributed by atoms with Crippen molar-refractivity contribution in [3.8, 4) is 0 Å². The molecule has 1 aromatic carbocycles. The molecule has 1 aliphatic heterocycles. The molecule has 0 atom stereocenters. The van der Waals surface area contributed by atoms with E-state index in [4.69, 9.17) is 20.5 Å². The minimum atomic E-state index is -3.73. The van der Waals surface area contributed by atoms with Gasteiger partial charge in [-0.3, -0.25) is 4.79 Å². The first-order valence-electron chi connectivity index (χ1n) is 9.11. The van der Waals surface area contributed by atoms with E-state index in [2.05, 4.69) is 5.16 Å². The van der Waals surface area contributed by atoms with Crippen LogP contribution in [0.4, 0.5) is 0 Å². The van der Waals surface area contributed by atoms with Crippen molar-refractivity contribution in [1.82, 2.24) is 14.4 Å². The van der Waals surface area contributed by atoms with Crippen molar-refractivity contribution in [1.29, 1.82) is 0 Å². The van der Waals surface area contributed by atoms with Crippen molar-refractivity contribution >= 4 is 38.5 Å². The molecule has 154 valence electrons. The molecule has 1 aliphatic rings. The summed E-state index contributed by atoms with van der Waals surface area (Å²) in [6, 6.07) is 5.37. The van der Waals surface area contributed by atoms with Crippen LogP contribution in [0.5, 0.6) is 0 Å². The predicted octanol–water partition coefficient (Wildman–Crippen LogP) is 3.15. The maximum absolute atomic E-state index is 13.0. The van der Waals surface area contributed by atoms with E-state index in [0.29, 0.717) is 16.3 Å². The maximum Gasteiger partial charge on any atom is 0.289 e. The number of rotatable bonds is 3. The molecule has 0 spiro atoms. The Morgan fingerprint density at radius 1 is 1.14 bits per heavy atom. The Kier molecular flexibility index (Phi) is 4.92. The van der Waals surface area contributed by atoms with Crippen LogP contribution in [-0.4, -0.2) is 54.9 Å². The van der Waals surface area contributed by atoms with Crippen LogP contribution in [0.25, 0.3) is 11.0 Å². The zero-order valence-corrected chi connectivity index (χ0v) is 17.8. The third-order valence-corrected chi connectivity index (χ3v) is 7.64. The van der Waals surface area contributed by atoms with Crippen LogP contribution in [0.2, 0.25) is 5.02 Å². The quantitative estimate of drug-likeness (QED) is 0.624. The summed E-state index contributed by atoms with van der Waals surface area (Å²) >= 11 is 6.17. The largest absolute Gasteiger partial charge is 0.449 e. The van der Waals surface area contributed by atoms with Gasteiger partial charge in [0.15, 0.2) is 17.1 Å². The number of furan rings is 1. The summed E-state index contributed by atoms with van der Waals surface area (Å²) in [5.74, 6) is 0.218. The van der Waals surface area contributed by atoms with Crippen molar-refractivity contribution in [2.45, 2.75) is 25.7 Å². The highest BCUT2D eigenvalue weighted by Crippen LogP contribution is 2.32. The number of carbonyl (C=O) groups is 1. The number of carbonyl (C=O) groups excluding carboxylic acids is 1. The van der Waals surface area contributed by atoms with E-state index in [-0.39, 0.29) is 48.5 Å². The van der Waals surface area contributed by atoms with Gasteiger partial charge in [0.1, 0.15) is 10.6 Å². The summed E-state index contributed by atoms with van der Waals surface area (Å²) in [7, 11) is -3.73. The Morgan fingerprint density at radius 2 is 1.83 bits per heavy atom. The Balaban J connectivity index is 1.54. The second kappa shape index (κ2) is 7.16. The van der Waals surface area contributed by atoms with E-state index in [1.807, 2.05) is 13.0 Å². The molecule has 2 aromatic heterocycles. The van der Waals surface area contributed by atoms with Gasteiger partial charge in [-0.25, -0.2) is 8.42 Å². The second-order valence-electron chi connectivity index (χ2n) is 7.02. The summed E-state index contributed by atoms with van der Waals surface area (Å²) in [5, 5.41) is 4.97. The first-order chi connectivity index (χ1) is 13.7. The fourth-order valence-corrected chi connectivity index (χ4v) is 5.59. The molecule has 1 amide bonds. The van der Waals surface area contributed by atoms with Crippen molar-refractivity contribution < 1.29 is 22.2 Å². The molecule has 0 unspecified atom stereocenters. The fourth-order valence-electron chi connectivity index (χ4n) is 3.66. The van der Waals surface area contributed by atoms with Gasteiger partial charge in [-0.1, -0.05) is 28.9 Å². The lowest BCUT2D eigenvalue weighted by Gasteiger charge is -2.33. The molecule has 3 aromatic rings. The van der Waals surface area contributed by atoms with E-state index in [9.17, 15) is 13.2 Å². The van der Waals surface area contributed by atoms with Crippen molar-refractivity contribution in [2.75, 3.05) is 26.2 Å². The number of fused-ring (bicyclic) bond motifs is 1. The van der Waals surface area contributed by atoms with Crippen LogP contribution < -0.4 is 0 Å². The molecule has 10 heteroatoms. The monoisotopic (exact) mass is 437 g/mol. The maximum atomic E-state index is 13.0. The van der Waals surface area contributed by atoms with Crippen molar-refractivity contribution in [3.63, 3.8) is 0 Å². The van der Waals surface area contributed by atoms with Crippen LogP contribution in [-0.2, 0) is 10.0 Å². The lowest BCUT2D eigenvalue weighted by molar-refractivity contribution is 0.0667. The molecule has 0 saturated carbocycles. The molecular weight excluding hydrogens is 418 g/mol. The Hall–Kier alpha value is -2.36. The van der Waals surface area contributed by atoms with E-state index in [1.54, 1.807) is 30.9 Å². The molecular formula is C19H20ClN3O5S. The lowest BCUT2D eigenvalue weighted by atomic mass is 10.1. The number of hydrogen-bond donors (Lipinski definition) is 0. The molecule has 0 radical (unpaired) electrons. The Morgan fingerprint density at radius 3 is 2.41 bits per heavy atom. The van der Waals surface area contributed by atoms with E-state index in [1.165, 1.54) is 4.31 Å². The van der Waals surface area contributed by atoms with Crippen LogP contribution in [0.1, 0.15) is 27.6 Å². The zero-order valence-electron chi connectivity index (χ0n) is 16.2. The first kappa shape index (κ1) is 19.9. The minimum absolute atomic E-state index is 0.0973. The van der Waals surface area contributed by atoms with Crippen LogP contribution >= 0.6 is 11.6 Å². The number of halogens is 1. The number of piperazine rings is 1. The molecule has 3 heterocycles. The molecule has 1 saturated heterocycles. The van der Waals surface area contributed by atoms with Crippen molar-refractivity contribution in [3.05, 3.63) is 46.0 Å². The van der Waals surface area contributed by atoms with Gasteiger partial charge in [0.25, 0.3) is 5.91 Å². The molecule has 0 N–H and O–H groups in total. The summed E-state index contributed by atoms with van der Waals surface area (Å²) in [6.45, 7) is 5.85. The average molecular weight is 438 g/mol. The second-order valence-corrected chi connectivity index (χ2v) is 9.30. The molecule has 8 nitrogen and oxygen atoms in total. The van der Waals surface area contributed by atoms with Gasteiger partial charge in [0.2, 0.25) is 10.0 Å². The van der Waals surface area contributed by atoms with Gasteiger partial charge in [-0.2, -0.15) is 4.31 Å². The van der Waals surface area contributed by atoms with Gasteiger partial charge >= 0.3 is 0 Å². The van der Waals surface area contributed by atoms with Gasteiger partial charge in [-0.05, 0) is 26.8 Å². The highest BCUT2D eigenvalue weighted by Gasteiger charge is 2.35. The lowest BCUT2D eigenvalue weighted by Crippen LogP contribution is -2.50. The SMILES string of the molecule is Cc1noc(C)c1S(=O)(=O)N1CCN(C(=O)c2oc3c(Cl)cccc3c2C)CC1. The van der Waals surface area contributed by atoms with E-state index < -0.39 is 10.0 Å². The van der Waals surface area contributed by atoms with E-state index >= 15 is 0 Å². The first-order valence-corrected chi connectivity index (χ1v) is 10.9. The standard InChI is InChI=1S/C19H20ClN3O5S/c1-11-14-5-4-6-15(20)17(14)27-16(11)19(24)22-7-9-23(10-8-22)29(25,26)18-12(2)21-28-13(18)3/h4-6H,7-10H2,1-3H3. The third kappa shape index (κ3) is 3.23. The Labute approximate surface area is 173 Å². The summed E-state index contributed by atoms with van der Waals surface area (Å²) in [4.78, 5) is 14.7. The highest BCUT2D eigenvalue weighted by molar-refractivity contribution is 7.89. The smallest absolute Gasteiger partial charge is 0.289 e. The van der Waals surface area contributed by atoms with Gasteiger partial charge in [-0.15, -0.1) is 0 Å². The number of aromatic nitrogens is 1. The van der Waals surface area contributed by atoms with Gasteiger partial charge in [0, 0.05) is 37.1 Å². The molecule has 4 rings (SSSR count). The highest BCUT2D eigenvalue weighted by atomic mass is 35.5. The average Bonchev–Trinajstić information content (AvgIpc) is 3.22. The number of hydrogen-bond acceptors (Lipinski definition) is 6. The zero-order chi connectivity index (χ0) is 20.9. The molecule has 29 heavy (non-hydrogen) atoms. The topological polar surface area (TPSA) is 96.9 Å². The van der Waals surface area contributed by atoms with Crippen LogP contribution in [0.15, 0.2) is 32.0 Å². The van der Waals surface area contributed by atoms with Gasteiger partial charge < -0.3 is 13.8 Å². The summed E-state index contributed by atoms with van der Waals surface area (Å²) in [6.07, 6.45) is 0. The molecule has 0 aliphatic carbocycles. The molecule has 1 fully saturated rings. The number of nitrogens with zero attached hydrogens (tertiary/aromatic N) is 3. The molecule has 0 bridgehead atoms. The number of benzene rings is 1. The van der Waals surface area contributed by atoms with Crippen LogP contribution in [0, 0.1) is 20.8 Å². The number of amides is 1. The van der Waals surface area contributed by atoms with Gasteiger partial charge in [0.05, 0.1) is 5.02 Å².